The lowest BCUT2D eigenvalue weighted by molar-refractivity contribution is 0.323. The molecule has 17 heavy (non-hydrogen) atoms. The Hall–Kier alpha value is -0.870. The van der Waals surface area contributed by atoms with Crippen molar-refractivity contribution >= 4 is 16.5 Å². The third-order valence-corrected chi connectivity index (χ3v) is 4.31. The first kappa shape index (κ1) is 14.2. The lowest BCUT2D eigenvalue weighted by atomic mass is 10.2. The van der Waals surface area contributed by atoms with Gasteiger partial charge in [-0.25, -0.2) is 0 Å². The van der Waals surface area contributed by atoms with Gasteiger partial charge >= 0.3 is 0 Å². The van der Waals surface area contributed by atoms with E-state index in [0.717, 1.165) is 30.1 Å². The van der Waals surface area contributed by atoms with Crippen LogP contribution in [-0.4, -0.2) is 34.5 Å². The summed E-state index contributed by atoms with van der Waals surface area (Å²) in [6, 6.07) is 5.72. The van der Waals surface area contributed by atoms with Crippen LogP contribution in [0.3, 0.4) is 0 Å². The molecule has 0 spiro atoms. The second kappa shape index (κ2) is 6.77. The fourth-order valence-electron chi connectivity index (χ4n) is 1.74. The summed E-state index contributed by atoms with van der Waals surface area (Å²) in [5.41, 5.74) is 7.63. The van der Waals surface area contributed by atoms with E-state index < -0.39 is 10.8 Å². The van der Waals surface area contributed by atoms with Crippen LogP contribution in [-0.2, 0) is 10.8 Å². The Balaban J connectivity index is 2.64. The molecule has 0 amide bonds. The van der Waals surface area contributed by atoms with Gasteiger partial charge < -0.3 is 10.6 Å². The predicted molar refractivity (Wildman–Crippen MR) is 74.7 cm³/mol. The SMILES string of the molecule is CCN(CC)CCS(=O)c1ccc(C)cc1N. The maximum Gasteiger partial charge on any atom is 0.0618 e. The van der Waals surface area contributed by atoms with E-state index >= 15 is 0 Å². The molecule has 0 saturated carbocycles. The highest BCUT2D eigenvalue weighted by Crippen LogP contribution is 2.18. The Kier molecular flexibility index (Phi) is 5.65. The topological polar surface area (TPSA) is 46.3 Å². The molecule has 2 N–H and O–H groups in total. The van der Waals surface area contributed by atoms with E-state index in [1.165, 1.54) is 0 Å². The van der Waals surface area contributed by atoms with Crippen LogP contribution in [0.15, 0.2) is 23.1 Å². The van der Waals surface area contributed by atoms with Crippen molar-refractivity contribution in [3.63, 3.8) is 0 Å². The maximum absolute atomic E-state index is 12.1. The van der Waals surface area contributed by atoms with Crippen LogP contribution >= 0.6 is 0 Å². The zero-order valence-corrected chi connectivity index (χ0v) is 11.7. The lowest BCUT2D eigenvalue weighted by Gasteiger charge is -2.17. The van der Waals surface area contributed by atoms with E-state index in [2.05, 4.69) is 18.7 Å². The van der Waals surface area contributed by atoms with Gasteiger partial charge in [0, 0.05) is 18.0 Å². The third kappa shape index (κ3) is 4.13. The first-order valence-corrected chi connectivity index (χ1v) is 7.37. The normalized spacial score (nSPS) is 12.9. The van der Waals surface area contributed by atoms with Crippen LogP contribution in [0.25, 0.3) is 0 Å². The molecular weight excluding hydrogens is 232 g/mol. The van der Waals surface area contributed by atoms with Gasteiger partial charge in [0.15, 0.2) is 0 Å². The maximum atomic E-state index is 12.1. The van der Waals surface area contributed by atoms with E-state index in [1.807, 2.05) is 25.1 Å². The van der Waals surface area contributed by atoms with Gasteiger partial charge in [0.1, 0.15) is 0 Å². The van der Waals surface area contributed by atoms with Gasteiger partial charge in [-0.15, -0.1) is 0 Å². The molecule has 0 aliphatic heterocycles. The molecule has 1 unspecified atom stereocenters. The average molecular weight is 254 g/mol. The summed E-state index contributed by atoms with van der Waals surface area (Å²) in [6.07, 6.45) is 0. The summed E-state index contributed by atoms with van der Waals surface area (Å²) in [5.74, 6) is 0.648. The molecule has 0 aliphatic rings. The minimum absolute atomic E-state index is 0.642. The van der Waals surface area contributed by atoms with E-state index in [0.29, 0.717) is 11.4 Å². The molecule has 1 rings (SSSR count). The summed E-state index contributed by atoms with van der Waals surface area (Å²) < 4.78 is 12.1. The number of aryl methyl sites for hydroxylation is 1. The van der Waals surface area contributed by atoms with Crippen LogP contribution in [0.1, 0.15) is 19.4 Å². The van der Waals surface area contributed by atoms with Crippen molar-refractivity contribution in [3.05, 3.63) is 23.8 Å². The number of hydrogen-bond donors (Lipinski definition) is 1. The standard InChI is InChI=1S/C13H22N2OS/c1-4-15(5-2)8-9-17(16)13-7-6-11(3)10-12(13)14/h6-7,10H,4-5,8-9,14H2,1-3H3. The highest BCUT2D eigenvalue weighted by atomic mass is 32.2. The highest BCUT2D eigenvalue weighted by molar-refractivity contribution is 7.85. The van der Waals surface area contributed by atoms with E-state index in [9.17, 15) is 4.21 Å². The molecule has 3 nitrogen and oxygen atoms in total. The average Bonchev–Trinajstić information content (AvgIpc) is 2.30. The summed E-state index contributed by atoms with van der Waals surface area (Å²) in [7, 11) is -0.994. The number of anilines is 1. The summed E-state index contributed by atoms with van der Waals surface area (Å²) >= 11 is 0. The summed E-state index contributed by atoms with van der Waals surface area (Å²) in [6.45, 7) is 9.07. The monoisotopic (exact) mass is 254 g/mol. The lowest BCUT2D eigenvalue weighted by Crippen LogP contribution is -2.27. The van der Waals surface area contributed by atoms with Crippen LogP contribution in [0.2, 0.25) is 0 Å². The van der Waals surface area contributed by atoms with Crippen molar-refractivity contribution < 1.29 is 4.21 Å². The molecule has 96 valence electrons. The van der Waals surface area contributed by atoms with Gasteiger partial charge in [-0.05, 0) is 37.7 Å². The van der Waals surface area contributed by atoms with E-state index in [1.54, 1.807) is 0 Å². The molecule has 4 heteroatoms. The van der Waals surface area contributed by atoms with E-state index in [-0.39, 0.29) is 0 Å². The quantitative estimate of drug-likeness (QED) is 0.790. The molecule has 1 aromatic rings. The first-order valence-electron chi connectivity index (χ1n) is 6.05. The fraction of sp³-hybridized carbons (Fsp3) is 0.538. The van der Waals surface area contributed by atoms with Crippen molar-refractivity contribution in [1.82, 2.24) is 4.90 Å². The zero-order valence-electron chi connectivity index (χ0n) is 10.9. The predicted octanol–water partition coefficient (Wildman–Crippen LogP) is 2.03. The Bertz CT molecular complexity index is 389. The minimum Gasteiger partial charge on any atom is -0.398 e. The number of benzene rings is 1. The van der Waals surface area contributed by atoms with Crippen LogP contribution in [0.5, 0.6) is 0 Å². The molecule has 0 bridgehead atoms. The first-order chi connectivity index (χ1) is 8.08. The van der Waals surface area contributed by atoms with E-state index in [4.69, 9.17) is 5.73 Å². The smallest absolute Gasteiger partial charge is 0.0618 e. The van der Waals surface area contributed by atoms with Crippen molar-refractivity contribution in [2.75, 3.05) is 31.1 Å². The third-order valence-electron chi connectivity index (χ3n) is 2.90. The second-order valence-electron chi connectivity index (χ2n) is 4.12. The fourth-order valence-corrected chi connectivity index (χ4v) is 2.92. The molecule has 0 aliphatic carbocycles. The minimum atomic E-state index is -0.994. The Morgan fingerprint density at radius 1 is 1.29 bits per heavy atom. The number of nitrogens with two attached hydrogens (primary N) is 1. The van der Waals surface area contributed by atoms with Crippen LogP contribution < -0.4 is 5.73 Å². The van der Waals surface area contributed by atoms with Crippen molar-refractivity contribution in [2.24, 2.45) is 0 Å². The zero-order chi connectivity index (χ0) is 12.8. The van der Waals surface area contributed by atoms with Crippen molar-refractivity contribution in [2.45, 2.75) is 25.7 Å². The largest absolute Gasteiger partial charge is 0.398 e. The van der Waals surface area contributed by atoms with Gasteiger partial charge in [-0.1, -0.05) is 19.9 Å². The van der Waals surface area contributed by atoms with Gasteiger partial charge in [0.2, 0.25) is 0 Å². The van der Waals surface area contributed by atoms with Crippen molar-refractivity contribution in [1.29, 1.82) is 0 Å². The second-order valence-corrected chi connectivity index (χ2v) is 5.66. The van der Waals surface area contributed by atoms with Gasteiger partial charge in [0.05, 0.1) is 15.7 Å². The van der Waals surface area contributed by atoms with Crippen LogP contribution in [0, 0.1) is 6.92 Å². The molecule has 1 atom stereocenters. The number of rotatable bonds is 6. The van der Waals surface area contributed by atoms with Gasteiger partial charge in [0.25, 0.3) is 0 Å². The summed E-state index contributed by atoms with van der Waals surface area (Å²) in [4.78, 5) is 3.03. The van der Waals surface area contributed by atoms with Gasteiger partial charge in [-0.3, -0.25) is 4.21 Å². The van der Waals surface area contributed by atoms with Gasteiger partial charge in [-0.2, -0.15) is 0 Å². The molecule has 0 fully saturated rings. The Morgan fingerprint density at radius 2 is 1.94 bits per heavy atom. The molecule has 0 heterocycles. The highest BCUT2D eigenvalue weighted by Gasteiger charge is 2.09. The molecule has 1 aromatic carbocycles. The number of nitrogen functional groups attached to an aromatic ring is 1. The van der Waals surface area contributed by atoms with Crippen molar-refractivity contribution in [3.8, 4) is 0 Å². The molecule has 0 aromatic heterocycles. The molecular formula is C13H22N2OS. The molecule has 0 radical (unpaired) electrons. The Morgan fingerprint density at radius 3 is 2.47 bits per heavy atom. The number of hydrogen-bond acceptors (Lipinski definition) is 3. The van der Waals surface area contributed by atoms with Crippen LogP contribution in [0.4, 0.5) is 5.69 Å². The Labute approximate surface area is 106 Å². The molecule has 0 saturated heterocycles. The summed E-state index contributed by atoms with van der Waals surface area (Å²) in [5, 5.41) is 0. The number of nitrogens with zero attached hydrogens (tertiary/aromatic N) is 1.